The van der Waals surface area contributed by atoms with Gasteiger partial charge in [0.2, 0.25) is 0 Å². The van der Waals surface area contributed by atoms with Crippen LogP contribution in [0, 0.1) is 6.92 Å². The van der Waals surface area contributed by atoms with Crippen LogP contribution in [-0.4, -0.2) is 17.6 Å². The zero-order chi connectivity index (χ0) is 16.3. The van der Waals surface area contributed by atoms with Crippen molar-refractivity contribution in [2.24, 2.45) is 0 Å². The van der Waals surface area contributed by atoms with Crippen LogP contribution in [-0.2, 0) is 10.9 Å². The Morgan fingerprint density at radius 3 is 2.77 bits per heavy atom. The summed E-state index contributed by atoms with van der Waals surface area (Å²) in [7, 11) is 0. The van der Waals surface area contributed by atoms with E-state index in [1.54, 1.807) is 13.8 Å². The van der Waals surface area contributed by atoms with Gasteiger partial charge in [-0.3, -0.25) is 0 Å². The third kappa shape index (κ3) is 3.57. The van der Waals surface area contributed by atoms with Gasteiger partial charge in [-0.2, -0.15) is 18.2 Å². The highest BCUT2D eigenvalue weighted by Crippen LogP contribution is 2.32. The molecule has 0 fully saturated rings. The highest BCUT2D eigenvalue weighted by atomic mass is 19.4. The van der Waals surface area contributed by atoms with Gasteiger partial charge in [-0.15, -0.1) is 0 Å². The van der Waals surface area contributed by atoms with E-state index in [-0.39, 0.29) is 24.0 Å². The van der Waals surface area contributed by atoms with Gasteiger partial charge in [0.05, 0.1) is 12.2 Å². The van der Waals surface area contributed by atoms with Crippen molar-refractivity contribution in [3.05, 3.63) is 41.3 Å². The van der Waals surface area contributed by atoms with Crippen LogP contribution in [0.5, 0.6) is 0 Å². The molecule has 0 bridgehead atoms. The number of ether oxygens (including phenoxy) is 1. The number of benzene rings is 1. The first-order valence-electron chi connectivity index (χ1n) is 6.38. The third-order valence-electron chi connectivity index (χ3n) is 2.80. The standard InChI is InChI=1S/C14H13F3N2O3/c1-3-21-12(20)11-7-22-13(19-11)18-10-6-9(14(15,16)17)5-4-8(10)2/h4-7H,3H2,1-2H3,(H,18,19). The van der Waals surface area contributed by atoms with E-state index in [1.165, 1.54) is 6.07 Å². The number of alkyl halides is 3. The lowest BCUT2D eigenvalue weighted by Gasteiger charge is -2.11. The molecule has 1 aromatic carbocycles. The molecule has 22 heavy (non-hydrogen) atoms. The number of carbonyl (C=O) groups excluding carboxylic acids is 1. The van der Waals surface area contributed by atoms with Crippen molar-refractivity contribution in [2.45, 2.75) is 20.0 Å². The summed E-state index contributed by atoms with van der Waals surface area (Å²) < 4.78 is 47.9. The number of hydrogen-bond donors (Lipinski definition) is 1. The fraction of sp³-hybridized carbons (Fsp3) is 0.286. The largest absolute Gasteiger partial charge is 0.461 e. The molecule has 0 aliphatic heterocycles. The molecular formula is C14H13F3N2O3. The summed E-state index contributed by atoms with van der Waals surface area (Å²) in [4.78, 5) is 15.3. The smallest absolute Gasteiger partial charge is 0.416 e. The molecule has 0 spiro atoms. The fourth-order valence-electron chi connectivity index (χ4n) is 1.68. The maximum atomic E-state index is 12.7. The van der Waals surface area contributed by atoms with Crippen molar-refractivity contribution < 1.29 is 27.1 Å². The summed E-state index contributed by atoms with van der Waals surface area (Å²) in [5.74, 6) is -0.667. The second-order valence-electron chi connectivity index (χ2n) is 4.41. The van der Waals surface area contributed by atoms with E-state index in [2.05, 4.69) is 10.3 Å². The van der Waals surface area contributed by atoms with Gasteiger partial charge < -0.3 is 14.5 Å². The van der Waals surface area contributed by atoms with Crippen LogP contribution in [0.4, 0.5) is 24.9 Å². The number of anilines is 2. The van der Waals surface area contributed by atoms with Crippen molar-refractivity contribution >= 4 is 17.7 Å². The number of halogens is 3. The third-order valence-corrected chi connectivity index (χ3v) is 2.80. The average Bonchev–Trinajstić information content (AvgIpc) is 2.89. The minimum atomic E-state index is -4.45. The minimum absolute atomic E-state index is 0.0611. The van der Waals surface area contributed by atoms with Gasteiger partial charge in [0.25, 0.3) is 6.01 Å². The Hall–Kier alpha value is -2.51. The Morgan fingerprint density at radius 2 is 2.14 bits per heavy atom. The molecule has 118 valence electrons. The molecule has 0 radical (unpaired) electrons. The van der Waals surface area contributed by atoms with Gasteiger partial charge in [0.1, 0.15) is 6.26 Å². The molecule has 2 rings (SSSR count). The van der Waals surface area contributed by atoms with Crippen LogP contribution in [0.15, 0.2) is 28.9 Å². The molecule has 0 aliphatic rings. The molecule has 0 aliphatic carbocycles. The lowest BCUT2D eigenvalue weighted by Crippen LogP contribution is -2.07. The van der Waals surface area contributed by atoms with Crippen LogP contribution in [0.25, 0.3) is 0 Å². The predicted octanol–water partition coefficient (Wildman–Crippen LogP) is 3.92. The molecular weight excluding hydrogens is 301 g/mol. The average molecular weight is 314 g/mol. The van der Waals surface area contributed by atoms with Gasteiger partial charge in [-0.25, -0.2) is 4.79 Å². The summed E-state index contributed by atoms with van der Waals surface area (Å²) in [6.45, 7) is 3.46. The van der Waals surface area contributed by atoms with Crippen molar-refractivity contribution in [1.29, 1.82) is 0 Å². The van der Waals surface area contributed by atoms with E-state index >= 15 is 0 Å². The van der Waals surface area contributed by atoms with E-state index in [0.717, 1.165) is 18.4 Å². The molecule has 0 atom stereocenters. The maximum Gasteiger partial charge on any atom is 0.416 e. The monoisotopic (exact) mass is 314 g/mol. The molecule has 0 unspecified atom stereocenters. The summed E-state index contributed by atoms with van der Waals surface area (Å²) in [6.07, 6.45) is -3.37. The molecule has 8 heteroatoms. The summed E-state index contributed by atoms with van der Waals surface area (Å²) >= 11 is 0. The van der Waals surface area contributed by atoms with Crippen molar-refractivity contribution in [3.63, 3.8) is 0 Å². The Kier molecular flexibility index (Phi) is 4.39. The number of rotatable bonds is 4. The number of carbonyl (C=O) groups is 1. The lowest BCUT2D eigenvalue weighted by molar-refractivity contribution is -0.137. The summed E-state index contributed by atoms with van der Waals surface area (Å²) in [6, 6.07) is 3.18. The zero-order valence-electron chi connectivity index (χ0n) is 11.8. The molecule has 2 aromatic rings. The van der Waals surface area contributed by atoms with Crippen LogP contribution in [0.2, 0.25) is 0 Å². The fourth-order valence-corrected chi connectivity index (χ4v) is 1.68. The molecule has 0 amide bonds. The number of nitrogens with zero attached hydrogens (tertiary/aromatic N) is 1. The first-order chi connectivity index (χ1) is 10.3. The number of aromatic nitrogens is 1. The second-order valence-corrected chi connectivity index (χ2v) is 4.41. The van der Waals surface area contributed by atoms with Crippen LogP contribution in [0.3, 0.4) is 0 Å². The van der Waals surface area contributed by atoms with Gasteiger partial charge in [0, 0.05) is 5.69 Å². The molecule has 1 heterocycles. The molecule has 1 N–H and O–H groups in total. The Labute approximate surface area is 124 Å². The van der Waals surface area contributed by atoms with Crippen LogP contribution >= 0.6 is 0 Å². The number of aryl methyl sites for hydroxylation is 1. The number of oxazole rings is 1. The molecule has 1 aromatic heterocycles. The lowest BCUT2D eigenvalue weighted by atomic mass is 10.1. The highest BCUT2D eigenvalue weighted by Gasteiger charge is 2.30. The molecule has 5 nitrogen and oxygen atoms in total. The van der Waals surface area contributed by atoms with Gasteiger partial charge >= 0.3 is 12.1 Å². The van der Waals surface area contributed by atoms with Gasteiger partial charge in [-0.1, -0.05) is 6.07 Å². The zero-order valence-corrected chi connectivity index (χ0v) is 11.8. The van der Waals surface area contributed by atoms with E-state index < -0.39 is 17.7 Å². The quantitative estimate of drug-likeness (QED) is 0.866. The highest BCUT2D eigenvalue weighted by molar-refractivity contribution is 5.87. The van der Waals surface area contributed by atoms with Crippen molar-refractivity contribution in [1.82, 2.24) is 4.98 Å². The minimum Gasteiger partial charge on any atom is -0.461 e. The topological polar surface area (TPSA) is 64.4 Å². The first-order valence-corrected chi connectivity index (χ1v) is 6.38. The second kappa shape index (κ2) is 6.08. The van der Waals surface area contributed by atoms with Gasteiger partial charge in [-0.05, 0) is 31.5 Å². The van der Waals surface area contributed by atoms with Crippen LogP contribution in [0.1, 0.15) is 28.5 Å². The Morgan fingerprint density at radius 1 is 1.41 bits per heavy atom. The van der Waals surface area contributed by atoms with Gasteiger partial charge in [0.15, 0.2) is 5.69 Å². The van der Waals surface area contributed by atoms with Crippen molar-refractivity contribution in [2.75, 3.05) is 11.9 Å². The Balaban J connectivity index is 2.22. The van der Waals surface area contributed by atoms with Crippen LogP contribution < -0.4 is 5.32 Å². The maximum absolute atomic E-state index is 12.7. The van der Waals surface area contributed by atoms with Crippen molar-refractivity contribution in [3.8, 4) is 0 Å². The molecule has 0 saturated carbocycles. The summed E-state index contributed by atoms with van der Waals surface area (Å²) in [5.41, 5.74) is -0.0947. The van der Waals surface area contributed by atoms with E-state index in [0.29, 0.717) is 5.56 Å². The van der Waals surface area contributed by atoms with E-state index in [9.17, 15) is 18.0 Å². The number of hydrogen-bond acceptors (Lipinski definition) is 5. The summed E-state index contributed by atoms with van der Waals surface area (Å²) in [5, 5.41) is 2.62. The predicted molar refractivity (Wildman–Crippen MR) is 71.9 cm³/mol. The SMILES string of the molecule is CCOC(=O)c1coc(Nc2cc(C(F)(F)F)ccc2C)n1. The molecule has 0 saturated heterocycles. The number of esters is 1. The van der Waals surface area contributed by atoms with E-state index in [4.69, 9.17) is 9.15 Å². The van der Waals surface area contributed by atoms with E-state index in [1.807, 2.05) is 0 Å². The number of nitrogens with one attached hydrogen (secondary N) is 1. The Bertz CT molecular complexity index is 680. The normalized spacial score (nSPS) is 11.3. The first kappa shape index (κ1) is 15.9.